The second-order valence-electron chi connectivity index (χ2n) is 3.97. The number of thiophene rings is 1. The van der Waals surface area contributed by atoms with Gasteiger partial charge in [0.1, 0.15) is 0 Å². The van der Waals surface area contributed by atoms with Crippen molar-refractivity contribution in [3.8, 4) is 0 Å². The van der Waals surface area contributed by atoms with E-state index in [0.29, 0.717) is 6.54 Å². The third-order valence-corrected chi connectivity index (χ3v) is 3.39. The minimum atomic E-state index is -0.174. The molecule has 0 saturated carbocycles. The average molecular weight is 306 g/mol. The summed E-state index contributed by atoms with van der Waals surface area (Å²) in [6.07, 6.45) is -0.0452. The lowest BCUT2D eigenvalue weighted by Crippen LogP contribution is -2.28. The van der Waals surface area contributed by atoms with Crippen molar-refractivity contribution in [3.05, 3.63) is 20.8 Å². The molecule has 0 aliphatic rings. The molecule has 0 aliphatic carbocycles. The number of esters is 1. The van der Waals surface area contributed by atoms with Crippen molar-refractivity contribution in [2.24, 2.45) is 0 Å². The number of ether oxygens (including phenoxy) is 1. The Balaban J connectivity index is 2.35. The van der Waals surface area contributed by atoms with Crippen LogP contribution in [0.3, 0.4) is 0 Å². The Morgan fingerprint density at radius 2 is 2.31 bits per heavy atom. The highest BCUT2D eigenvalue weighted by atomic mass is 79.9. The van der Waals surface area contributed by atoms with Gasteiger partial charge in [0.15, 0.2) is 0 Å². The molecule has 0 atom stereocenters. The van der Waals surface area contributed by atoms with E-state index >= 15 is 0 Å². The van der Waals surface area contributed by atoms with Crippen LogP contribution in [-0.4, -0.2) is 30.6 Å². The van der Waals surface area contributed by atoms with E-state index in [0.717, 1.165) is 10.3 Å². The monoisotopic (exact) mass is 305 g/mol. The lowest BCUT2D eigenvalue weighted by molar-refractivity contribution is -0.148. The minimum Gasteiger partial charge on any atom is -0.462 e. The zero-order valence-corrected chi connectivity index (χ0v) is 12.1. The number of rotatable bonds is 5. The first-order valence-corrected chi connectivity index (χ1v) is 6.75. The maximum Gasteiger partial charge on any atom is 0.320 e. The molecule has 1 rings (SSSR count). The van der Waals surface area contributed by atoms with Crippen LogP contribution in [0.15, 0.2) is 15.2 Å². The van der Waals surface area contributed by atoms with Gasteiger partial charge in [-0.25, -0.2) is 0 Å². The largest absolute Gasteiger partial charge is 0.462 e. The van der Waals surface area contributed by atoms with Crippen molar-refractivity contribution in [1.29, 1.82) is 0 Å². The molecule has 0 radical (unpaired) electrons. The topological polar surface area (TPSA) is 29.5 Å². The lowest BCUT2D eigenvalue weighted by atomic mass is 10.3. The van der Waals surface area contributed by atoms with Gasteiger partial charge >= 0.3 is 5.97 Å². The minimum absolute atomic E-state index is 0.0452. The Bertz CT molecular complexity index is 352. The van der Waals surface area contributed by atoms with Crippen LogP contribution >= 0.6 is 27.3 Å². The third kappa shape index (κ3) is 5.09. The predicted octanol–water partition coefficient (Wildman–Crippen LogP) is 2.89. The fourth-order valence-corrected chi connectivity index (χ4v) is 2.52. The molecule has 90 valence electrons. The second-order valence-corrected chi connectivity index (χ2v) is 6.26. The molecule has 0 bridgehead atoms. The van der Waals surface area contributed by atoms with E-state index in [4.69, 9.17) is 4.74 Å². The molecule has 5 heteroatoms. The summed E-state index contributed by atoms with van der Waals surface area (Å²) >= 11 is 5.06. The number of hydrogen-bond donors (Lipinski definition) is 0. The molecule has 1 aromatic rings. The van der Waals surface area contributed by atoms with E-state index < -0.39 is 0 Å². The zero-order valence-electron chi connectivity index (χ0n) is 9.70. The summed E-state index contributed by atoms with van der Waals surface area (Å²) in [7, 11) is 1.91. The molecule has 0 spiro atoms. The summed E-state index contributed by atoms with van der Waals surface area (Å²) in [4.78, 5) is 13.3. The molecule has 0 aliphatic heterocycles. The van der Waals surface area contributed by atoms with Crippen LogP contribution < -0.4 is 0 Å². The first-order chi connectivity index (χ1) is 7.47. The molecule has 1 heterocycles. The second kappa shape index (κ2) is 6.37. The summed E-state index contributed by atoms with van der Waals surface area (Å²) in [5, 5.41) is 2.08. The van der Waals surface area contributed by atoms with Crippen molar-refractivity contribution < 1.29 is 9.53 Å². The van der Waals surface area contributed by atoms with E-state index in [-0.39, 0.29) is 12.1 Å². The molecule has 16 heavy (non-hydrogen) atoms. The maximum atomic E-state index is 11.4. The van der Waals surface area contributed by atoms with Gasteiger partial charge in [-0.15, -0.1) is 11.3 Å². The van der Waals surface area contributed by atoms with Gasteiger partial charge in [0.05, 0.1) is 16.4 Å². The average Bonchev–Trinajstić information content (AvgIpc) is 2.48. The van der Waals surface area contributed by atoms with Crippen molar-refractivity contribution in [1.82, 2.24) is 4.90 Å². The van der Waals surface area contributed by atoms with E-state index in [1.807, 2.05) is 25.8 Å². The molecule has 0 fully saturated rings. The van der Waals surface area contributed by atoms with Gasteiger partial charge in [0.2, 0.25) is 0 Å². The fraction of sp³-hybridized carbons (Fsp3) is 0.545. The van der Waals surface area contributed by atoms with Crippen LogP contribution in [-0.2, 0) is 16.1 Å². The molecule has 0 aromatic carbocycles. The van der Waals surface area contributed by atoms with Crippen LogP contribution in [0.2, 0.25) is 0 Å². The summed E-state index contributed by atoms with van der Waals surface area (Å²) in [6.45, 7) is 4.79. The van der Waals surface area contributed by atoms with Crippen molar-refractivity contribution in [2.45, 2.75) is 26.5 Å². The van der Waals surface area contributed by atoms with E-state index in [1.54, 1.807) is 11.3 Å². The normalized spacial score (nSPS) is 11.1. The van der Waals surface area contributed by atoms with E-state index in [2.05, 4.69) is 27.4 Å². The van der Waals surface area contributed by atoms with Crippen LogP contribution in [0.5, 0.6) is 0 Å². The van der Waals surface area contributed by atoms with Gasteiger partial charge in [-0.3, -0.25) is 9.69 Å². The van der Waals surface area contributed by atoms with Crippen LogP contribution in [0.1, 0.15) is 19.4 Å². The van der Waals surface area contributed by atoms with Crippen molar-refractivity contribution >= 4 is 33.2 Å². The Kier molecular flexibility index (Phi) is 5.44. The van der Waals surface area contributed by atoms with Gasteiger partial charge in [0.25, 0.3) is 0 Å². The van der Waals surface area contributed by atoms with Crippen molar-refractivity contribution in [2.75, 3.05) is 13.6 Å². The summed E-state index contributed by atoms with van der Waals surface area (Å²) in [5.74, 6) is -0.174. The first-order valence-electron chi connectivity index (χ1n) is 5.08. The maximum absolute atomic E-state index is 11.4. The van der Waals surface area contributed by atoms with Crippen LogP contribution in [0.25, 0.3) is 0 Å². The fourth-order valence-electron chi connectivity index (χ4n) is 1.32. The van der Waals surface area contributed by atoms with Crippen molar-refractivity contribution in [3.63, 3.8) is 0 Å². The SMILES string of the molecule is CC(C)OC(=O)CN(C)Cc1csc(Br)c1. The third-order valence-electron chi connectivity index (χ3n) is 1.84. The Morgan fingerprint density at radius 3 is 2.81 bits per heavy atom. The smallest absolute Gasteiger partial charge is 0.320 e. The molecule has 0 unspecified atom stereocenters. The van der Waals surface area contributed by atoms with E-state index in [1.165, 1.54) is 5.56 Å². The Hall–Kier alpha value is -0.390. The molecular weight excluding hydrogens is 290 g/mol. The highest BCUT2D eigenvalue weighted by molar-refractivity contribution is 9.11. The number of likely N-dealkylation sites (N-methyl/N-ethyl adjacent to an activating group) is 1. The summed E-state index contributed by atoms with van der Waals surface area (Å²) in [6, 6.07) is 2.06. The highest BCUT2D eigenvalue weighted by Crippen LogP contribution is 2.21. The molecular formula is C11H16BrNO2S. The Morgan fingerprint density at radius 1 is 1.62 bits per heavy atom. The molecule has 0 saturated heterocycles. The van der Waals surface area contributed by atoms with Crippen LogP contribution in [0.4, 0.5) is 0 Å². The summed E-state index contributed by atoms with van der Waals surface area (Å²) in [5.41, 5.74) is 1.21. The zero-order chi connectivity index (χ0) is 12.1. The van der Waals surface area contributed by atoms with Gasteiger partial charge in [-0.2, -0.15) is 0 Å². The van der Waals surface area contributed by atoms with Gasteiger partial charge in [-0.1, -0.05) is 0 Å². The quantitative estimate of drug-likeness (QED) is 0.784. The standard InChI is InChI=1S/C11H16BrNO2S/c1-8(2)15-11(14)6-13(3)5-9-4-10(12)16-7-9/h4,7-8H,5-6H2,1-3H3. The number of halogens is 1. The number of hydrogen-bond acceptors (Lipinski definition) is 4. The molecule has 0 amide bonds. The molecule has 0 N–H and O–H groups in total. The van der Waals surface area contributed by atoms with Gasteiger partial charge < -0.3 is 4.74 Å². The Labute approximate surface area is 109 Å². The molecule has 1 aromatic heterocycles. The van der Waals surface area contributed by atoms with Gasteiger partial charge in [0, 0.05) is 6.54 Å². The number of nitrogens with zero attached hydrogens (tertiary/aromatic N) is 1. The highest BCUT2D eigenvalue weighted by Gasteiger charge is 2.10. The first kappa shape index (κ1) is 13.7. The van der Waals surface area contributed by atoms with Crippen LogP contribution in [0, 0.1) is 0 Å². The predicted molar refractivity (Wildman–Crippen MR) is 69.6 cm³/mol. The number of carbonyl (C=O) groups is 1. The summed E-state index contributed by atoms with van der Waals surface area (Å²) < 4.78 is 6.19. The molecule has 3 nitrogen and oxygen atoms in total. The lowest BCUT2D eigenvalue weighted by Gasteiger charge is -2.16. The van der Waals surface area contributed by atoms with Gasteiger partial charge in [-0.05, 0) is 53.8 Å². The van der Waals surface area contributed by atoms with E-state index in [9.17, 15) is 4.79 Å². The number of carbonyl (C=O) groups excluding carboxylic acids is 1.